The second-order valence-electron chi connectivity index (χ2n) is 3.68. The lowest BCUT2D eigenvalue weighted by molar-refractivity contribution is 0.386. The lowest BCUT2D eigenvalue weighted by Gasteiger charge is -2.00. The topological polar surface area (TPSA) is 64.1 Å². The van der Waals surface area contributed by atoms with Crippen molar-refractivity contribution in [3.05, 3.63) is 35.4 Å². The minimum absolute atomic E-state index is 0.608. The first-order chi connectivity index (χ1) is 7.75. The molecular weight excluding hydrogens is 206 g/mol. The summed E-state index contributed by atoms with van der Waals surface area (Å²) in [4.78, 5) is 4.12. The van der Waals surface area contributed by atoms with E-state index >= 15 is 0 Å². The third kappa shape index (κ3) is 2.70. The second-order valence-corrected chi connectivity index (χ2v) is 3.68. The highest BCUT2D eigenvalue weighted by atomic mass is 16.5. The second kappa shape index (κ2) is 4.94. The molecule has 5 heteroatoms. The van der Waals surface area contributed by atoms with Gasteiger partial charge in [-0.1, -0.05) is 5.16 Å². The Kier molecular flexibility index (Phi) is 3.36. The smallest absolute Gasteiger partial charge is 0.223 e. The zero-order valence-electron chi connectivity index (χ0n) is 9.49. The summed E-state index contributed by atoms with van der Waals surface area (Å²) in [6, 6.07) is 1.96. The van der Waals surface area contributed by atoms with Gasteiger partial charge in [0.2, 0.25) is 5.89 Å². The summed E-state index contributed by atoms with van der Waals surface area (Å²) in [5.41, 5.74) is 1.17. The maximum Gasteiger partial charge on any atom is 0.223 e. The fourth-order valence-corrected chi connectivity index (χ4v) is 1.43. The van der Waals surface area contributed by atoms with Crippen LogP contribution in [0.4, 0.5) is 0 Å². The molecule has 0 saturated carbocycles. The van der Waals surface area contributed by atoms with Gasteiger partial charge in [0, 0.05) is 19.9 Å². The minimum atomic E-state index is 0.608. The molecular formula is C11H15N3O2. The van der Waals surface area contributed by atoms with E-state index in [4.69, 9.17) is 8.94 Å². The first-order valence-electron chi connectivity index (χ1n) is 5.28. The van der Waals surface area contributed by atoms with Crippen LogP contribution in [-0.4, -0.2) is 16.7 Å². The molecule has 16 heavy (non-hydrogen) atoms. The first-order valence-corrected chi connectivity index (χ1v) is 5.28. The fraction of sp³-hybridized carbons (Fsp3) is 0.455. The highest BCUT2D eigenvalue weighted by Gasteiger charge is 2.03. The van der Waals surface area contributed by atoms with Crippen LogP contribution in [0.1, 0.15) is 23.0 Å². The fourth-order valence-electron chi connectivity index (χ4n) is 1.43. The van der Waals surface area contributed by atoms with Crippen LogP contribution in [0.25, 0.3) is 0 Å². The van der Waals surface area contributed by atoms with Crippen molar-refractivity contribution >= 4 is 0 Å². The van der Waals surface area contributed by atoms with Crippen LogP contribution in [0, 0.1) is 13.8 Å². The summed E-state index contributed by atoms with van der Waals surface area (Å²) in [6.07, 6.45) is 2.46. The van der Waals surface area contributed by atoms with E-state index in [0.717, 1.165) is 31.1 Å². The third-order valence-electron chi connectivity index (χ3n) is 2.35. The number of nitrogens with one attached hydrogen (secondary N) is 1. The van der Waals surface area contributed by atoms with Gasteiger partial charge < -0.3 is 14.3 Å². The molecule has 0 aromatic carbocycles. The molecule has 0 aliphatic carbocycles. The van der Waals surface area contributed by atoms with Crippen LogP contribution in [0.2, 0.25) is 0 Å². The molecule has 0 amide bonds. The van der Waals surface area contributed by atoms with Crippen molar-refractivity contribution in [2.24, 2.45) is 0 Å². The van der Waals surface area contributed by atoms with E-state index in [1.54, 1.807) is 13.2 Å². The van der Waals surface area contributed by atoms with Crippen molar-refractivity contribution in [2.45, 2.75) is 26.8 Å². The van der Waals surface area contributed by atoms with Crippen LogP contribution in [0.15, 0.2) is 21.3 Å². The van der Waals surface area contributed by atoms with Gasteiger partial charge in [0.15, 0.2) is 5.82 Å². The quantitative estimate of drug-likeness (QED) is 0.777. The average molecular weight is 221 g/mol. The highest BCUT2D eigenvalue weighted by molar-refractivity contribution is 5.14. The molecule has 0 aliphatic heterocycles. The average Bonchev–Trinajstić information content (AvgIpc) is 2.83. The normalized spacial score (nSPS) is 10.9. The van der Waals surface area contributed by atoms with E-state index in [1.807, 2.05) is 13.0 Å². The third-order valence-corrected chi connectivity index (χ3v) is 2.35. The Labute approximate surface area is 93.8 Å². The summed E-state index contributed by atoms with van der Waals surface area (Å²) >= 11 is 0. The van der Waals surface area contributed by atoms with Crippen LogP contribution >= 0.6 is 0 Å². The van der Waals surface area contributed by atoms with E-state index in [-0.39, 0.29) is 0 Å². The van der Waals surface area contributed by atoms with Crippen LogP contribution in [0.5, 0.6) is 0 Å². The van der Waals surface area contributed by atoms with E-state index in [1.165, 1.54) is 5.56 Å². The highest BCUT2D eigenvalue weighted by Crippen LogP contribution is 2.07. The van der Waals surface area contributed by atoms with E-state index in [9.17, 15) is 0 Å². The molecule has 0 unspecified atom stereocenters. The summed E-state index contributed by atoms with van der Waals surface area (Å²) in [5, 5.41) is 7.09. The molecule has 0 aliphatic rings. The van der Waals surface area contributed by atoms with Crippen LogP contribution < -0.4 is 5.32 Å². The molecule has 0 radical (unpaired) electrons. The van der Waals surface area contributed by atoms with Gasteiger partial charge in [0.05, 0.1) is 12.8 Å². The van der Waals surface area contributed by atoms with Crippen LogP contribution in [0.3, 0.4) is 0 Å². The number of hydrogen-bond donors (Lipinski definition) is 1. The molecule has 0 spiro atoms. The predicted octanol–water partition coefficient (Wildman–Crippen LogP) is 1.61. The Morgan fingerprint density at radius 3 is 2.88 bits per heavy atom. The summed E-state index contributed by atoms with van der Waals surface area (Å²) in [6.45, 7) is 5.36. The van der Waals surface area contributed by atoms with Crippen molar-refractivity contribution in [2.75, 3.05) is 6.54 Å². The van der Waals surface area contributed by atoms with Gasteiger partial charge in [0.25, 0.3) is 0 Å². The number of aryl methyl sites for hydroxylation is 2. The number of hydrogen-bond acceptors (Lipinski definition) is 5. The SMILES string of the molecule is Cc1nc(CCNCc2occc2C)no1. The van der Waals surface area contributed by atoms with Gasteiger partial charge in [-0.15, -0.1) is 0 Å². The first kappa shape index (κ1) is 10.9. The molecule has 0 fully saturated rings. The molecule has 0 atom stereocenters. The number of nitrogens with zero attached hydrogens (tertiary/aromatic N) is 2. The minimum Gasteiger partial charge on any atom is -0.468 e. The number of furan rings is 1. The lowest BCUT2D eigenvalue weighted by atomic mass is 10.3. The zero-order chi connectivity index (χ0) is 11.4. The zero-order valence-corrected chi connectivity index (χ0v) is 9.49. The van der Waals surface area contributed by atoms with Gasteiger partial charge in [0.1, 0.15) is 5.76 Å². The standard InChI is InChI=1S/C11H15N3O2/c1-8-4-6-15-10(8)7-12-5-3-11-13-9(2)16-14-11/h4,6,12H,3,5,7H2,1-2H3. The van der Waals surface area contributed by atoms with Gasteiger partial charge in [-0.3, -0.25) is 0 Å². The molecule has 2 aromatic heterocycles. The molecule has 2 rings (SSSR count). The molecule has 0 saturated heterocycles. The van der Waals surface area contributed by atoms with Crippen molar-refractivity contribution < 1.29 is 8.94 Å². The molecule has 1 N–H and O–H groups in total. The van der Waals surface area contributed by atoms with Gasteiger partial charge in [-0.2, -0.15) is 4.98 Å². The molecule has 2 heterocycles. The maximum absolute atomic E-state index is 5.31. The number of rotatable bonds is 5. The van der Waals surface area contributed by atoms with E-state index < -0.39 is 0 Å². The van der Waals surface area contributed by atoms with Crippen molar-refractivity contribution in [1.29, 1.82) is 0 Å². The molecule has 0 bridgehead atoms. The Morgan fingerprint density at radius 2 is 2.25 bits per heavy atom. The molecule has 86 valence electrons. The maximum atomic E-state index is 5.31. The Bertz CT molecular complexity index is 448. The largest absolute Gasteiger partial charge is 0.468 e. The summed E-state index contributed by atoms with van der Waals surface area (Å²) in [5.74, 6) is 2.32. The summed E-state index contributed by atoms with van der Waals surface area (Å²) in [7, 11) is 0. The Hall–Kier alpha value is -1.62. The van der Waals surface area contributed by atoms with Gasteiger partial charge in [-0.05, 0) is 18.6 Å². The molecule has 5 nitrogen and oxygen atoms in total. The Morgan fingerprint density at radius 1 is 1.38 bits per heavy atom. The van der Waals surface area contributed by atoms with E-state index in [0.29, 0.717) is 5.89 Å². The lowest BCUT2D eigenvalue weighted by Crippen LogP contribution is -2.17. The number of aromatic nitrogens is 2. The van der Waals surface area contributed by atoms with E-state index in [2.05, 4.69) is 15.5 Å². The van der Waals surface area contributed by atoms with Crippen molar-refractivity contribution in [1.82, 2.24) is 15.5 Å². The Balaban J connectivity index is 1.71. The molecule has 2 aromatic rings. The van der Waals surface area contributed by atoms with Gasteiger partial charge >= 0.3 is 0 Å². The van der Waals surface area contributed by atoms with Gasteiger partial charge in [-0.25, -0.2) is 0 Å². The van der Waals surface area contributed by atoms with Crippen molar-refractivity contribution in [3.8, 4) is 0 Å². The predicted molar refractivity (Wildman–Crippen MR) is 57.9 cm³/mol. The monoisotopic (exact) mass is 221 g/mol. The van der Waals surface area contributed by atoms with Crippen LogP contribution in [-0.2, 0) is 13.0 Å². The van der Waals surface area contributed by atoms with Crippen molar-refractivity contribution in [3.63, 3.8) is 0 Å². The summed E-state index contributed by atoms with van der Waals surface area (Å²) < 4.78 is 10.2.